The molecule has 1 aliphatic rings. The predicted octanol–water partition coefficient (Wildman–Crippen LogP) is 2.11. The van der Waals surface area contributed by atoms with Crippen LogP contribution in [-0.4, -0.2) is 22.3 Å². The maximum Gasteiger partial charge on any atom is 0.291 e. The summed E-state index contributed by atoms with van der Waals surface area (Å²) >= 11 is 1.56. The van der Waals surface area contributed by atoms with Gasteiger partial charge >= 0.3 is 0 Å². The van der Waals surface area contributed by atoms with Gasteiger partial charge in [0.1, 0.15) is 0 Å². The lowest BCUT2D eigenvalue weighted by Crippen LogP contribution is -2.17. The zero-order valence-electron chi connectivity index (χ0n) is 9.59. The number of amides is 1. The monoisotopic (exact) mass is 260 g/mol. The molecule has 0 aromatic carbocycles. The molecule has 6 heteroatoms. The van der Waals surface area contributed by atoms with Gasteiger partial charge in [-0.1, -0.05) is 6.07 Å². The number of rotatable bonds is 4. The van der Waals surface area contributed by atoms with Crippen molar-refractivity contribution in [2.45, 2.75) is 18.8 Å². The van der Waals surface area contributed by atoms with E-state index in [1.165, 1.54) is 12.8 Å². The van der Waals surface area contributed by atoms with Crippen LogP contribution in [-0.2, 0) is 0 Å². The van der Waals surface area contributed by atoms with E-state index in [2.05, 4.69) is 20.7 Å². The van der Waals surface area contributed by atoms with Gasteiger partial charge in [0.15, 0.2) is 5.69 Å². The average Bonchev–Trinajstić information content (AvgIpc) is 2.92. The quantitative estimate of drug-likeness (QED) is 0.653. The lowest BCUT2D eigenvalue weighted by atomic mass is 10.2. The number of carbonyl (C=O) groups excluding carboxylic acids is 1. The van der Waals surface area contributed by atoms with Crippen molar-refractivity contribution in [3.8, 4) is 0 Å². The summed E-state index contributed by atoms with van der Waals surface area (Å²) in [5, 5.41) is 12.7. The van der Waals surface area contributed by atoms with Crippen LogP contribution in [0, 0.1) is 0 Å². The topological polar surface area (TPSA) is 70.1 Å². The molecule has 0 spiro atoms. The number of nitrogens with one attached hydrogen (secondary N) is 2. The molecule has 0 saturated heterocycles. The van der Waals surface area contributed by atoms with Crippen molar-refractivity contribution in [3.05, 3.63) is 39.8 Å². The summed E-state index contributed by atoms with van der Waals surface area (Å²) in [4.78, 5) is 12.7. The molecule has 0 unspecified atom stereocenters. The third-order valence-corrected chi connectivity index (χ3v) is 3.56. The Hall–Kier alpha value is -1.95. The molecule has 1 saturated carbocycles. The van der Waals surface area contributed by atoms with E-state index in [-0.39, 0.29) is 5.91 Å². The Morgan fingerprint density at radius 1 is 1.61 bits per heavy atom. The smallest absolute Gasteiger partial charge is 0.281 e. The number of hydrazone groups is 1. The molecule has 0 atom stereocenters. The van der Waals surface area contributed by atoms with Crippen LogP contribution in [0.4, 0.5) is 0 Å². The van der Waals surface area contributed by atoms with Gasteiger partial charge in [-0.25, -0.2) is 5.43 Å². The van der Waals surface area contributed by atoms with Gasteiger partial charge in [0.05, 0.1) is 6.21 Å². The third kappa shape index (κ3) is 2.48. The van der Waals surface area contributed by atoms with Crippen molar-refractivity contribution >= 4 is 23.5 Å². The Balaban J connectivity index is 1.60. The molecule has 2 aromatic rings. The van der Waals surface area contributed by atoms with Gasteiger partial charge in [-0.15, -0.1) is 11.3 Å². The molecule has 1 amide bonds. The highest BCUT2D eigenvalue weighted by Crippen LogP contribution is 2.38. The molecule has 0 aliphatic heterocycles. The average molecular weight is 260 g/mol. The largest absolute Gasteiger partial charge is 0.291 e. The first kappa shape index (κ1) is 11.2. The van der Waals surface area contributed by atoms with E-state index in [1.807, 2.05) is 17.5 Å². The van der Waals surface area contributed by atoms with E-state index in [1.54, 1.807) is 23.6 Å². The molecular weight excluding hydrogens is 248 g/mol. The van der Waals surface area contributed by atoms with Crippen molar-refractivity contribution in [1.82, 2.24) is 15.6 Å². The van der Waals surface area contributed by atoms with Gasteiger partial charge < -0.3 is 0 Å². The first-order valence-electron chi connectivity index (χ1n) is 5.75. The van der Waals surface area contributed by atoms with Crippen molar-refractivity contribution in [2.75, 3.05) is 0 Å². The molecule has 2 aromatic heterocycles. The van der Waals surface area contributed by atoms with Gasteiger partial charge in [0.2, 0.25) is 0 Å². The molecule has 3 rings (SSSR count). The summed E-state index contributed by atoms with van der Waals surface area (Å²) in [6.07, 6.45) is 3.98. The Kier molecular flexibility index (Phi) is 2.93. The number of hydrogen-bond donors (Lipinski definition) is 2. The van der Waals surface area contributed by atoms with E-state index in [0.29, 0.717) is 11.6 Å². The van der Waals surface area contributed by atoms with Crippen LogP contribution in [0.3, 0.4) is 0 Å². The van der Waals surface area contributed by atoms with Crippen molar-refractivity contribution in [3.63, 3.8) is 0 Å². The Bertz CT molecular complexity index is 569. The minimum atomic E-state index is -0.286. The second-order valence-electron chi connectivity index (χ2n) is 4.20. The van der Waals surface area contributed by atoms with Crippen LogP contribution < -0.4 is 5.43 Å². The van der Waals surface area contributed by atoms with Gasteiger partial charge in [-0.05, 0) is 30.4 Å². The minimum absolute atomic E-state index is 0.286. The fraction of sp³-hybridized carbons (Fsp3) is 0.250. The van der Waals surface area contributed by atoms with E-state index >= 15 is 0 Å². The Morgan fingerprint density at radius 3 is 3.22 bits per heavy atom. The number of carbonyl (C=O) groups is 1. The van der Waals surface area contributed by atoms with Gasteiger partial charge in [0.25, 0.3) is 5.91 Å². The molecule has 92 valence electrons. The predicted molar refractivity (Wildman–Crippen MR) is 69.9 cm³/mol. The molecule has 0 radical (unpaired) electrons. The van der Waals surface area contributed by atoms with Gasteiger partial charge in [-0.2, -0.15) is 10.2 Å². The molecule has 0 bridgehead atoms. The number of aromatic amines is 1. The summed E-state index contributed by atoms with van der Waals surface area (Å²) < 4.78 is 0. The fourth-order valence-corrected chi connectivity index (χ4v) is 2.22. The van der Waals surface area contributed by atoms with Gasteiger partial charge in [-0.3, -0.25) is 9.89 Å². The molecule has 1 fully saturated rings. The normalized spacial score (nSPS) is 15.1. The summed E-state index contributed by atoms with van der Waals surface area (Å²) in [7, 11) is 0. The maximum atomic E-state index is 11.7. The number of H-pyrrole nitrogens is 1. The molecule has 5 nitrogen and oxygen atoms in total. The van der Waals surface area contributed by atoms with E-state index in [9.17, 15) is 4.79 Å². The Labute approximate surface area is 108 Å². The van der Waals surface area contributed by atoms with Crippen LogP contribution in [0.25, 0.3) is 0 Å². The highest BCUT2D eigenvalue weighted by Gasteiger charge is 2.26. The highest BCUT2D eigenvalue weighted by molar-refractivity contribution is 7.11. The van der Waals surface area contributed by atoms with Gasteiger partial charge in [0, 0.05) is 16.5 Å². The standard InChI is InChI=1S/C12H12N4OS/c17-12(16-13-7-9-2-1-5-18-9)11-6-10(14-15-11)8-3-4-8/h1-2,5-8H,3-4H2,(H,14,15)(H,16,17)/b13-7+. The minimum Gasteiger partial charge on any atom is -0.281 e. The molecule has 2 heterocycles. The third-order valence-electron chi connectivity index (χ3n) is 2.75. The highest BCUT2D eigenvalue weighted by atomic mass is 32.1. The van der Waals surface area contributed by atoms with E-state index < -0.39 is 0 Å². The van der Waals surface area contributed by atoms with Crippen LogP contribution in [0.2, 0.25) is 0 Å². The van der Waals surface area contributed by atoms with Crippen molar-refractivity contribution < 1.29 is 4.79 Å². The maximum absolute atomic E-state index is 11.7. The molecule has 18 heavy (non-hydrogen) atoms. The number of thiophene rings is 1. The summed E-state index contributed by atoms with van der Waals surface area (Å²) in [5.74, 6) is 0.277. The molecule has 2 N–H and O–H groups in total. The van der Waals surface area contributed by atoms with Crippen LogP contribution in [0.15, 0.2) is 28.7 Å². The lowest BCUT2D eigenvalue weighted by molar-refractivity contribution is 0.0950. The number of aromatic nitrogens is 2. The summed E-state index contributed by atoms with van der Waals surface area (Å²) in [5.41, 5.74) is 3.90. The lowest BCUT2D eigenvalue weighted by Gasteiger charge is -1.93. The zero-order valence-corrected chi connectivity index (χ0v) is 10.4. The van der Waals surface area contributed by atoms with Crippen molar-refractivity contribution in [1.29, 1.82) is 0 Å². The Morgan fingerprint density at radius 2 is 2.50 bits per heavy atom. The van der Waals surface area contributed by atoms with E-state index in [0.717, 1.165) is 10.6 Å². The second kappa shape index (κ2) is 4.73. The van der Waals surface area contributed by atoms with Crippen LogP contribution in [0.1, 0.15) is 39.8 Å². The zero-order chi connectivity index (χ0) is 12.4. The molecular formula is C12H12N4OS. The number of hydrogen-bond acceptors (Lipinski definition) is 4. The first-order valence-corrected chi connectivity index (χ1v) is 6.63. The number of nitrogens with zero attached hydrogens (tertiary/aromatic N) is 2. The molecule has 1 aliphatic carbocycles. The SMILES string of the molecule is O=C(N/N=C/c1cccs1)c1cc(C2CC2)[nH]n1. The first-order chi connectivity index (χ1) is 8.83. The van der Waals surface area contributed by atoms with Crippen LogP contribution >= 0.6 is 11.3 Å². The second-order valence-corrected chi connectivity index (χ2v) is 5.18. The van der Waals surface area contributed by atoms with Crippen LogP contribution in [0.5, 0.6) is 0 Å². The van der Waals surface area contributed by atoms with E-state index in [4.69, 9.17) is 0 Å². The summed E-state index contributed by atoms with van der Waals surface area (Å²) in [6.45, 7) is 0. The van der Waals surface area contributed by atoms with Crippen molar-refractivity contribution in [2.24, 2.45) is 5.10 Å². The fourth-order valence-electron chi connectivity index (χ4n) is 1.63. The summed E-state index contributed by atoms with van der Waals surface area (Å²) in [6, 6.07) is 5.66.